The lowest BCUT2D eigenvalue weighted by atomic mass is 9.90. The molecule has 0 fully saturated rings. The summed E-state index contributed by atoms with van der Waals surface area (Å²) in [6.45, 7) is 1.74. The zero-order valence-corrected chi connectivity index (χ0v) is 11.1. The van der Waals surface area contributed by atoms with Gasteiger partial charge in [0, 0.05) is 12.1 Å². The smallest absolute Gasteiger partial charge is 0.308 e. The molecule has 0 aliphatic heterocycles. The molecule has 0 saturated carbocycles. The molecule has 1 atom stereocenters. The van der Waals surface area contributed by atoms with Crippen LogP contribution in [0.5, 0.6) is 0 Å². The standard InChI is InChI=1S/C15H19NO3/c1-10(15(18)19)9-16-14(17)13-7-6-11-4-2-3-5-12(11)8-13/h6-8,10H,2-5,9H2,1H3,(H,16,17)(H,18,19)/t10-/m1/s1. The minimum Gasteiger partial charge on any atom is -0.481 e. The van der Waals surface area contributed by atoms with Gasteiger partial charge < -0.3 is 10.4 Å². The predicted molar refractivity (Wildman–Crippen MR) is 72.2 cm³/mol. The molecule has 19 heavy (non-hydrogen) atoms. The molecule has 102 valence electrons. The van der Waals surface area contributed by atoms with E-state index in [1.165, 1.54) is 24.0 Å². The number of hydrogen-bond acceptors (Lipinski definition) is 2. The van der Waals surface area contributed by atoms with Gasteiger partial charge in [0.2, 0.25) is 0 Å². The first kappa shape index (κ1) is 13.6. The monoisotopic (exact) mass is 261 g/mol. The van der Waals surface area contributed by atoms with Gasteiger partial charge in [-0.2, -0.15) is 0 Å². The summed E-state index contributed by atoms with van der Waals surface area (Å²) in [5.74, 6) is -1.66. The lowest BCUT2D eigenvalue weighted by Crippen LogP contribution is -2.31. The summed E-state index contributed by atoms with van der Waals surface area (Å²) in [6.07, 6.45) is 4.51. The van der Waals surface area contributed by atoms with Crippen LogP contribution < -0.4 is 5.32 Å². The molecule has 0 bridgehead atoms. The number of aliphatic carboxylic acids is 1. The number of nitrogens with one attached hydrogen (secondary N) is 1. The van der Waals surface area contributed by atoms with Gasteiger partial charge in [-0.3, -0.25) is 9.59 Å². The third kappa shape index (κ3) is 3.34. The second kappa shape index (κ2) is 5.87. The van der Waals surface area contributed by atoms with E-state index in [1.807, 2.05) is 18.2 Å². The Morgan fingerprint density at radius 1 is 1.26 bits per heavy atom. The third-order valence-electron chi connectivity index (χ3n) is 3.60. The first-order valence-electron chi connectivity index (χ1n) is 6.70. The van der Waals surface area contributed by atoms with E-state index in [0.717, 1.165) is 12.8 Å². The highest BCUT2D eigenvalue weighted by Gasteiger charge is 2.15. The zero-order valence-electron chi connectivity index (χ0n) is 11.1. The molecule has 0 unspecified atom stereocenters. The molecule has 2 N–H and O–H groups in total. The van der Waals surface area contributed by atoms with Gasteiger partial charge in [-0.25, -0.2) is 0 Å². The summed E-state index contributed by atoms with van der Waals surface area (Å²) < 4.78 is 0. The number of carboxylic acid groups (broad SMARTS) is 1. The fourth-order valence-corrected chi connectivity index (χ4v) is 2.31. The highest BCUT2D eigenvalue weighted by atomic mass is 16.4. The number of aryl methyl sites for hydroxylation is 2. The molecule has 1 aromatic carbocycles. The third-order valence-corrected chi connectivity index (χ3v) is 3.60. The lowest BCUT2D eigenvalue weighted by molar-refractivity contribution is -0.140. The van der Waals surface area contributed by atoms with E-state index >= 15 is 0 Å². The van der Waals surface area contributed by atoms with Crippen LogP contribution in [0.3, 0.4) is 0 Å². The highest BCUT2D eigenvalue weighted by molar-refractivity contribution is 5.94. The SMILES string of the molecule is C[C@H](CNC(=O)c1ccc2c(c1)CCCC2)C(=O)O. The molecular weight excluding hydrogens is 242 g/mol. The van der Waals surface area contributed by atoms with E-state index in [2.05, 4.69) is 5.32 Å². The largest absolute Gasteiger partial charge is 0.481 e. The zero-order chi connectivity index (χ0) is 13.8. The van der Waals surface area contributed by atoms with E-state index in [0.29, 0.717) is 5.56 Å². The number of benzene rings is 1. The van der Waals surface area contributed by atoms with Crippen molar-refractivity contribution in [3.63, 3.8) is 0 Å². The maximum atomic E-state index is 12.0. The second-order valence-corrected chi connectivity index (χ2v) is 5.14. The summed E-state index contributed by atoms with van der Waals surface area (Å²) in [6, 6.07) is 5.78. The molecule has 1 aromatic rings. The van der Waals surface area contributed by atoms with Crippen molar-refractivity contribution >= 4 is 11.9 Å². The maximum absolute atomic E-state index is 12.0. The number of carbonyl (C=O) groups is 2. The minimum absolute atomic E-state index is 0.158. The van der Waals surface area contributed by atoms with Crippen molar-refractivity contribution < 1.29 is 14.7 Å². The van der Waals surface area contributed by atoms with E-state index in [4.69, 9.17) is 5.11 Å². The Bertz CT molecular complexity index is 496. The molecule has 4 nitrogen and oxygen atoms in total. The van der Waals surface area contributed by atoms with E-state index < -0.39 is 11.9 Å². The minimum atomic E-state index is -0.897. The van der Waals surface area contributed by atoms with Gasteiger partial charge in [-0.05, 0) is 48.9 Å². The molecule has 4 heteroatoms. The van der Waals surface area contributed by atoms with Crippen LogP contribution in [0.2, 0.25) is 0 Å². The number of carbonyl (C=O) groups excluding carboxylic acids is 1. The Kier molecular flexibility index (Phi) is 4.20. The van der Waals surface area contributed by atoms with Crippen molar-refractivity contribution in [3.8, 4) is 0 Å². The Balaban J connectivity index is 2.01. The van der Waals surface area contributed by atoms with E-state index in [-0.39, 0.29) is 12.5 Å². The van der Waals surface area contributed by atoms with E-state index in [9.17, 15) is 9.59 Å². The summed E-state index contributed by atoms with van der Waals surface area (Å²) in [7, 11) is 0. The van der Waals surface area contributed by atoms with Crippen LogP contribution in [0.1, 0.15) is 41.3 Å². The molecule has 1 amide bonds. The normalized spacial score (nSPS) is 15.4. The highest BCUT2D eigenvalue weighted by Crippen LogP contribution is 2.22. The molecule has 0 radical (unpaired) electrons. The molecule has 1 aliphatic rings. The average Bonchev–Trinajstić information content (AvgIpc) is 2.43. The van der Waals surface area contributed by atoms with Gasteiger partial charge in [-0.15, -0.1) is 0 Å². The van der Waals surface area contributed by atoms with Crippen molar-refractivity contribution in [3.05, 3.63) is 34.9 Å². The van der Waals surface area contributed by atoms with Gasteiger partial charge in [0.1, 0.15) is 0 Å². The van der Waals surface area contributed by atoms with Gasteiger partial charge in [0.05, 0.1) is 5.92 Å². The summed E-state index contributed by atoms with van der Waals surface area (Å²) in [5, 5.41) is 11.4. The van der Waals surface area contributed by atoms with Gasteiger partial charge in [0.15, 0.2) is 0 Å². The van der Waals surface area contributed by atoms with Gasteiger partial charge in [-0.1, -0.05) is 13.0 Å². The first-order chi connectivity index (χ1) is 9.08. The number of hydrogen-bond donors (Lipinski definition) is 2. The van der Waals surface area contributed by atoms with Crippen LogP contribution in [0, 0.1) is 5.92 Å². The Labute approximate surface area is 112 Å². The van der Waals surface area contributed by atoms with Gasteiger partial charge in [0.25, 0.3) is 5.91 Å². The number of carboxylic acids is 1. The molecular formula is C15H19NO3. The first-order valence-corrected chi connectivity index (χ1v) is 6.70. The fraction of sp³-hybridized carbons (Fsp3) is 0.467. The quantitative estimate of drug-likeness (QED) is 0.871. The van der Waals surface area contributed by atoms with Crippen molar-refractivity contribution in [2.24, 2.45) is 5.92 Å². The summed E-state index contributed by atoms with van der Waals surface area (Å²) in [4.78, 5) is 22.6. The Morgan fingerprint density at radius 2 is 1.95 bits per heavy atom. The van der Waals surface area contributed by atoms with Crippen molar-refractivity contribution in [1.29, 1.82) is 0 Å². The maximum Gasteiger partial charge on any atom is 0.308 e. The molecule has 0 aromatic heterocycles. The van der Waals surface area contributed by atoms with E-state index in [1.54, 1.807) is 6.92 Å². The molecule has 0 spiro atoms. The predicted octanol–water partition coefficient (Wildman–Crippen LogP) is 2.02. The molecule has 0 saturated heterocycles. The van der Waals surface area contributed by atoms with Crippen molar-refractivity contribution in [2.45, 2.75) is 32.6 Å². The van der Waals surface area contributed by atoms with Crippen LogP contribution in [-0.2, 0) is 17.6 Å². The topological polar surface area (TPSA) is 66.4 Å². The Morgan fingerprint density at radius 3 is 2.63 bits per heavy atom. The number of fused-ring (bicyclic) bond motifs is 1. The van der Waals surface area contributed by atoms with Crippen LogP contribution in [0.4, 0.5) is 0 Å². The van der Waals surface area contributed by atoms with Crippen LogP contribution >= 0.6 is 0 Å². The Hall–Kier alpha value is -1.84. The number of amides is 1. The molecule has 1 aliphatic carbocycles. The lowest BCUT2D eigenvalue weighted by Gasteiger charge is -2.16. The fourth-order valence-electron chi connectivity index (χ4n) is 2.31. The summed E-state index contributed by atoms with van der Waals surface area (Å²) >= 11 is 0. The van der Waals surface area contributed by atoms with Crippen LogP contribution in [-0.4, -0.2) is 23.5 Å². The molecule has 2 rings (SSSR count). The van der Waals surface area contributed by atoms with Gasteiger partial charge >= 0.3 is 5.97 Å². The molecule has 0 heterocycles. The average molecular weight is 261 g/mol. The van der Waals surface area contributed by atoms with Crippen LogP contribution in [0.15, 0.2) is 18.2 Å². The van der Waals surface area contributed by atoms with Crippen LogP contribution in [0.25, 0.3) is 0 Å². The summed E-state index contributed by atoms with van der Waals surface area (Å²) in [5.41, 5.74) is 3.21. The van der Waals surface area contributed by atoms with Crippen molar-refractivity contribution in [1.82, 2.24) is 5.32 Å². The van der Waals surface area contributed by atoms with Crippen molar-refractivity contribution in [2.75, 3.05) is 6.54 Å². The second-order valence-electron chi connectivity index (χ2n) is 5.14. The number of rotatable bonds is 4.